The van der Waals surface area contributed by atoms with E-state index in [4.69, 9.17) is 9.47 Å². The van der Waals surface area contributed by atoms with E-state index >= 15 is 0 Å². The van der Waals surface area contributed by atoms with Gasteiger partial charge in [-0.1, -0.05) is 12.1 Å². The molecular formula is C19H27BrN2O4. The van der Waals surface area contributed by atoms with Gasteiger partial charge in [0.1, 0.15) is 11.4 Å². The van der Waals surface area contributed by atoms with Crippen molar-refractivity contribution in [2.24, 2.45) is 0 Å². The van der Waals surface area contributed by atoms with Crippen LogP contribution in [0.25, 0.3) is 0 Å². The molecule has 1 heterocycles. The highest BCUT2D eigenvalue weighted by Gasteiger charge is 2.28. The maximum Gasteiger partial charge on any atom is 0.410 e. The van der Waals surface area contributed by atoms with Gasteiger partial charge in [-0.3, -0.25) is 4.79 Å². The summed E-state index contributed by atoms with van der Waals surface area (Å²) in [5.74, 6) is 0.561. The van der Waals surface area contributed by atoms with E-state index in [9.17, 15) is 9.59 Å². The minimum Gasteiger partial charge on any atom is -0.480 e. The van der Waals surface area contributed by atoms with Gasteiger partial charge in [-0.25, -0.2) is 4.79 Å². The van der Waals surface area contributed by atoms with Crippen LogP contribution in [-0.4, -0.2) is 59.7 Å². The van der Waals surface area contributed by atoms with Crippen LogP contribution in [0.5, 0.6) is 5.75 Å². The third-order valence-electron chi connectivity index (χ3n) is 3.95. The van der Waals surface area contributed by atoms with Gasteiger partial charge in [0.25, 0.3) is 5.91 Å². The lowest BCUT2D eigenvalue weighted by Gasteiger charge is -2.27. The molecule has 1 atom stereocenters. The van der Waals surface area contributed by atoms with Gasteiger partial charge >= 0.3 is 6.09 Å². The van der Waals surface area contributed by atoms with Crippen molar-refractivity contribution in [3.8, 4) is 5.75 Å². The van der Waals surface area contributed by atoms with E-state index in [2.05, 4.69) is 15.9 Å². The lowest BCUT2D eigenvalue weighted by atomic mass is 10.2. The summed E-state index contributed by atoms with van der Waals surface area (Å²) in [6, 6.07) is 7.45. The Morgan fingerprint density at radius 2 is 1.69 bits per heavy atom. The monoisotopic (exact) mass is 426 g/mol. The summed E-state index contributed by atoms with van der Waals surface area (Å²) < 4.78 is 12.0. The zero-order chi connectivity index (χ0) is 19.3. The van der Waals surface area contributed by atoms with Gasteiger partial charge in [0, 0.05) is 26.2 Å². The maximum atomic E-state index is 12.7. The van der Waals surface area contributed by atoms with E-state index in [0.29, 0.717) is 38.3 Å². The quantitative estimate of drug-likeness (QED) is 0.739. The number of rotatable bonds is 3. The molecule has 144 valence electrons. The largest absolute Gasteiger partial charge is 0.480 e. The average Bonchev–Trinajstić information content (AvgIpc) is 2.80. The number of amides is 2. The topological polar surface area (TPSA) is 59.1 Å². The van der Waals surface area contributed by atoms with Crippen molar-refractivity contribution < 1.29 is 19.1 Å². The van der Waals surface area contributed by atoms with Crippen LogP contribution < -0.4 is 4.74 Å². The number of para-hydroxylation sites is 1. The molecule has 0 N–H and O–H groups in total. The molecule has 1 aliphatic rings. The summed E-state index contributed by atoms with van der Waals surface area (Å²) >= 11 is 3.42. The lowest BCUT2D eigenvalue weighted by molar-refractivity contribution is -0.137. The van der Waals surface area contributed by atoms with E-state index in [1.54, 1.807) is 16.7 Å². The minimum absolute atomic E-state index is 0.0770. The number of carbonyl (C=O) groups is 2. The molecule has 0 aliphatic carbocycles. The summed E-state index contributed by atoms with van der Waals surface area (Å²) in [5, 5.41) is 0. The van der Waals surface area contributed by atoms with Crippen LogP contribution in [-0.2, 0) is 9.53 Å². The van der Waals surface area contributed by atoms with Crippen LogP contribution in [0.3, 0.4) is 0 Å². The molecular weight excluding hydrogens is 400 g/mol. The summed E-state index contributed by atoms with van der Waals surface area (Å²) in [7, 11) is 0. The zero-order valence-electron chi connectivity index (χ0n) is 15.8. The van der Waals surface area contributed by atoms with Gasteiger partial charge in [0.15, 0.2) is 6.10 Å². The second-order valence-corrected chi connectivity index (χ2v) is 8.19. The van der Waals surface area contributed by atoms with Crippen molar-refractivity contribution in [1.82, 2.24) is 9.80 Å². The molecule has 0 radical (unpaired) electrons. The Kier molecular flexibility index (Phi) is 6.92. The summed E-state index contributed by atoms with van der Waals surface area (Å²) in [6.45, 7) is 9.40. The third-order valence-corrected chi connectivity index (χ3v) is 4.60. The Balaban J connectivity index is 1.92. The number of hydrogen-bond acceptors (Lipinski definition) is 4. The Labute approximate surface area is 163 Å². The summed E-state index contributed by atoms with van der Waals surface area (Å²) in [6.07, 6.45) is -0.210. The van der Waals surface area contributed by atoms with Crippen molar-refractivity contribution in [3.63, 3.8) is 0 Å². The number of ether oxygens (including phenoxy) is 2. The van der Waals surface area contributed by atoms with Crippen molar-refractivity contribution >= 4 is 27.9 Å². The van der Waals surface area contributed by atoms with Crippen molar-refractivity contribution in [3.05, 3.63) is 28.7 Å². The van der Waals surface area contributed by atoms with Gasteiger partial charge < -0.3 is 19.3 Å². The molecule has 0 saturated carbocycles. The van der Waals surface area contributed by atoms with E-state index in [1.165, 1.54) is 0 Å². The molecule has 1 aliphatic heterocycles. The molecule has 0 bridgehead atoms. The number of nitrogens with zero attached hydrogens (tertiary/aromatic N) is 2. The van der Waals surface area contributed by atoms with Gasteiger partial charge in [-0.05, 0) is 62.2 Å². The molecule has 1 unspecified atom stereocenters. The minimum atomic E-state index is -0.596. The van der Waals surface area contributed by atoms with E-state index in [1.807, 2.05) is 45.0 Å². The normalized spacial score (nSPS) is 16.7. The first-order chi connectivity index (χ1) is 12.2. The molecule has 1 aromatic rings. The third kappa shape index (κ3) is 5.90. The van der Waals surface area contributed by atoms with Gasteiger partial charge in [0.2, 0.25) is 0 Å². The molecule has 0 aromatic heterocycles. The zero-order valence-corrected chi connectivity index (χ0v) is 17.4. The molecule has 1 saturated heterocycles. The van der Waals surface area contributed by atoms with E-state index in [0.717, 1.165) is 4.47 Å². The smallest absolute Gasteiger partial charge is 0.410 e. The number of hydrogen-bond donors (Lipinski definition) is 0. The Hall–Kier alpha value is -1.76. The standard InChI is InChI=1S/C19H27BrN2O4/c1-14(25-16-9-6-5-8-15(16)20)17(23)21-10-7-11-22(13-12-21)18(24)26-19(2,3)4/h5-6,8-9,14H,7,10-13H2,1-4H3. The predicted molar refractivity (Wildman–Crippen MR) is 103 cm³/mol. The molecule has 6 nitrogen and oxygen atoms in total. The summed E-state index contributed by atoms with van der Waals surface area (Å²) in [4.78, 5) is 28.4. The molecule has 1 aromatic carbocycles. The summed E-state index contributed by atoms with van der Waals surface area (Å²) in [5.41, 5.74) is -0.523. The van der Waals surface area contributed by atoms with Crippen molar-refractivity contribution in [1.29, 1.82) is 0 Å². The van der Waals surface area contributed by atoms with E-state index in [-0.39, 0.29) is 12.0 Å². The van der Waals surface area contributed by atoms with Crippen LogP contribution in [0.15, 0.2) is 28.7 Å². The fraction of sp³-hybridized carbons (Fsp3) is 0.579. The number of carbonyl (C=O) groups excluding carboxylic acids is 2. The molecule has 2 amide bonds. The van der Waals surface area contributed by atoms with E-state index < -0.39 is 11.7 Å². The van der Waals surface area contributed by atoms with Crippen molar-refractivity contribution in [2.75, 3.05) is 26.2 Å². The predicted octanol–water partition coefficient (Wildman–Crippen LogP) is 3.69. The highest BCUT2D eigenvalue weighted by Crippen LogP contribution is 2.25. The second-order valence-electron chi connectivity index (χ2n) is 7.34. The highest BCUT2D eigenvalue weighted by atomic mass is 79.9. The van der Waals surface area contributed by atoms with Crippen LogP contribution >= 0.6 is 15.9 Å². The Bertz CT molecular complexity index is 645. The number of halogens is 1. The van der Waals surface area contributed by atoms with Crippen LogP contribution in [0.4, 0.5) is 4.79 Å². The average molecular weight is 427 g/mol. The molecule has 7 heteroatoms. The molecule has 2 rings (SSSR count). The first-order valence-corrected chi connectivity index (χ1v) is 9.64. The van der Waals surface area contributed by atoms with Crippen LogP contribution in [0.1, 0.15) is 34.1 Å². The number of benzene rings is 1. The fourth-order valence-corrected chi connectivity index (χ4v) is 3.06. The Morgan fingerprint density at radius 3 is 2.35 bits per heavy atom. The highest BCUT2D eigenvalue weighted by molar-refractivity contribution is 9.10. The van der Waals surface area contributed by atoms with Gasteiger partial charge in [0.05, 0.1) is 4.47 Å². The first-order valence-electron chi connectivity index (χ1n) is 8.85. The Morgan fingerprint density at radius 1 is 1.08 bits per heavy atom. The second kappa shape index (κ2) is 8.75. The molecule has 0 spiro atoms. The maximum absolute atomic E-state index is 12.7. The molecule has 1 fully saturated rings. The first kappa shape index (κ1) is 20.6. The SMILES string of the molecule is CC(Oc1ccccc1Br)C(=O)N1CCCN(C(=O)OC(C)(C)C)CC1. The molecule has 26 heavy (non-hydrogen) atoms. The van der Waals surface area contributed by atoms with Crippen LogP contribution in [0, 0.1) is 0 Å². The van der Waals surface area contributed by atoms with Crippen molar-refractivity contribution in [2.45, 2.75) is 45.8 Å². The van der Waals surface area contributed by atoms with Gasteiger partial charge in [-0.2, -0.15) is 0 Å². The fourth-order valence-electron chi connectivity index (χ4n) is 2.69. The van der Waals surface area contributed by atoms with Crippen LogP contribution in [0.2, 0.25) is 0 Å². The van der Waals surface area contributed by atoms with Gasteiger partial charge in [-0.15, -0.1) is 0 Å². The lowest BCUT2D eigenvalue weighted by Crippen LogP contribution is -2.43.